The molecule has 1 aliphatic rings. The smallest absolute Gasteiger partial charge is 0.324 e. The summed E-state index contributed by atoms with van der Waals surface area (Å²) in [5.41, 5.74) is 2.26. The van der Waals surface area contributed by atoms with E-state index in [1.807, 2.05) is 31.2 Å². The van der Waals surface area contributed by atoms with Crippen molar-refractivity contribution in [3.05, 3.63) is 64.6 Å². The van der Waals surface area contributed by atoms with E-state index >= 15 is 0 Å². The summed E-state index contributed by atoms with van der Waals surface area (Å²) in [6.45, 7) is 3.49. The Balaban J connectivity index is 1.34. The zero-order valence-electron chi connectivity index (χ0n) is 19.1. The second-order valence-corrected chi connectivity index (χ2v) is 8.56. The SMILES string of the molecule is CCn1c(=O)n(CCC(=O)Nc2cc(-c3nnc4n3CCCCC4)ccc2F)c2ccccc21. The van der Waals surface area contributed by atoms with Gasteiger partial charge in [0, 0.05) is 38.0 Å². The maximum absolute atomic E-state index is 14.5. The lowest BCUT2D eigenvalue weighted by molar-refractivity contribution is -0.116. The minimum atomic E-state index is -0.521. The van der Waals surface area contributed by atoms with Gasteiger partial charge in [0.2, 0.25) is 5.91 Å². The van der Waals surface area contributed by atoms with Gasteiger partial charge in [-0.15, -0.1) is 10.2 Å². The van der Waals surface area contributed by atoms with Crippen LogP contribution < -0.4 is 11.0 Å². The number of nitrogens with one attached hydrogen (secondary N) is 1. The molecule has 1 amide bonds. The molecular weight excluding hydrogens is 435 g/mol. The first-order valence-electron chi connectivity index (χ1n) is 11.8. The number of halogens is 1. The van der Waals surface area contributed by atoms with Crippen LogP contribution in [0.25, 0.3) is 22.4 Å². The van der Waals surface area contributed by atoms with E-state index in [1.165, 1.54) is 6.07 Å². The number of anilines is 1. The molecule has 2 aromatic carbocycles. The summed E-state index contributed by atoms with van der Waals surface area (Å²) in [5, 5.41) is 11.3. The highest BCUT2D eigenvalue weighted by Gasteiger charge is 2.18. The van der Waals surface area contributed by atoms with Gasteiger partial charge >= 0.3 is 5.69 Å². The Morgan fingerprint density at radius 2 is 1.85 bits per heavy atom. The maximum Gasteiger partial charge on any atom is 0.329 e. The molecule has 0 saturated heterocycles. The average Bonchev–Trinajstić information content (AvgIpc) is 3.26. The van der Waals surface area contributed by atoms with Crippen molar-refractivity contribution in [1.29, 1.82) is 0 Å². The van der Waals surface area contributed by atoms with Crippen LogP contribution in [0.4, 0.5) is 10.1 Å². The zero-order chi connectivity index (χ0) is 23.7. The third-order valence-corrected chi connectivity index (χ3v) is 6.41. The first kappa shape index (κ1) is 22.1. The number of carbonyl (C=O) groups excluding carboxylic acids is 1. The summed E-state index contributed by atoms with van der Waals surface area (Å²) in [4.78, 5) is 25.5. The number of fused-ring (bicyclic) bond motifs is 2. The van der Waals surface area contributed by atoms with Crippen molar-refractivity contribution in [3.63, 3.8) is 0 Å². The van der Waals surface area contributed by atoms with Crippen molar-refractivity contribution in [2.24, 2.45) is 0 Å². The Morgan fingerprint density at radius 3 is 2.65 bits per heavy atom. The molecule has 8 nitrogen and oxygen atoms in total. The fraction of sp³-hybridized carbons (Fsp3) is 0.360. The minimum absolute atomic E-state index is 0.0433. The number of rotatable bonds is 6. The van der Waals surface area contributed by atoms with E-state index in [9.17, 15) is 14.0 Å². The molecule has 176 valence electrons. The number of imidazole rings is 1. The van der Waals surface area contributed by atoms with Crippen LogP contribution in [0.3, 0.4) is 0 Å². The van der Waals surface area contributed by atoms with Crippen molar-refractivity contribution < 1.29 is 9.18 Å². The molecule has 34 heavy (non-hydrogen) atoms. The van der Waals surface area contributed by atoms with Gasteiger partial charge in [-0.25, -0.2) is 9.18 Å². The predicted molar refractivity (Wildman–Crippen MR) is 128 cm³/mol. The number of aryl methyl sites for hydroxylation is 3. The summed E-state index contributed by atoms with van der Waals surface area (Å²) in [6, 6.07) is 12.1. The number of amides is 1. The molecule has 0 bridgehead atoms. The largest absolute Gasteiger partial charge is 0.329 e. The topological polar surface area (TPSA) is 86.7 Å². The van der Waals surface area contributed by atoms with E-state index in [1.54, 1.807) is 21.3 Å². The minimum Gasteiger partial charge on any atom is -0.324 e. The van der Waals surface area contributed by atoms with Gasteiger partial charge in [-0.3, -0.25) is 13.9 Å². The Labute approximate surface area is 196 Å². The second-order valence-electron chi connectivity index (χ2n) is 8.56. The number of benzene rings is 2. The first-order valence-corrected chi connectivity index (χ1v) is 11.8. The Hall–Kier alpha value is -3.75. The molecule has 2 aromatic heterocycles. The highest BCUT2D eigenvalue weighted by molar-refractivity contribution is 5.91. The van der Waals surface area contributed by atoms with Crippen LogP contribution in [0.1, 0.15) is 38.4 Å². The molecular formula is C25H27FN6O2. The predicted octanol–water partition coefficient (Wildman–Crippen LogP) is 3.98. The lowest BCUT2D eigenvalue weighted by Crippen LogP contribution is -2.25. The highest BCUT2D eigenvalue weighted by Crippen LogP contribution is 2.26. The number of aromatic nitrogens is 5. The van der Waals surface area contributed by atoms with Crippen LogP contribution in [0, 0.1) is 5.82 Å². The molecule has 5 rings (SSSR count). The summed E-state index contributed by atoms with van der Waals surface area (Å²) < 4.78 is 19.9. The fourth-order valence-electron chi connectivity index (χ4n) is 4.68. The average molecular weight is 463 g/mol. The molecule has 9 heteroatoms. The Bertz CT molecular complexity index is 1420. The third-order valence-electron chi connectivity index (χ3n) is 6.41. The van der Waals surface area contributed by atoms with Crippen LogP contribution in [-0.4, -0.2) is 29.8 Å². The quantitative estimate of drug-likeness (QED) is 0.470. The number of para-hydroxylation sites is 2. The van der Waals surface area contributed by atoms with Gasteiger partial charge in [0.25, 0.3) is 0 Å². The summed E-state index contributed by atoms with van der Waals surface area (Å²) >= 11 is 0. The number of hydrogen-bond donors (Lipinski definition) is 1. The highest BCUT2D eigenvalue weighted by atomic mass is 19.1. The van der Waals surface area contributed by atoms with Crippen LogP contribution >= 0.6 is 0 Å². The van der Waals surface area contributed by atoms with Gasteiger partial charge < -0.3 is 9.88 Å². The molecule has 4 aromatic rings. The number of hydrogen-bond acceptors (Lipinski definition) is 4. The van der Waals surface area contributed by atoms with Gasteiger partial charge in [-0.05, 0) is 50.1 Å². The molecule has 1 aliphatic heterocycles. The number of nitrogens with zero attached hydrogens (tertiary/aromatic N) is 5. The second kappa shape index (κ2) is 9.24. The third kappa shape index (κ3) is 4.02. The molecule has 0 unspecified atom stereocenters. The van der Waals surface area contributed by atoms with Gasteiger partial charge in [0.1, 0.15) is 11.6 Å². The molecule has 3 heterocycles. The maximum atomic E-state index is 14.5. The van der Waals surface area contributed by atoms with E-state index in [4.69, 9.17) is 0 Å². The van der Waals surface area contributed by atoms with E-state index in [2.05, 4.69) is 20.1 Å². The van der Waals surface area contributed by atoms with E-state index in [0.717, 1.165) is 49.1 Å². The summed E-state index contributed by atoms with van der Waals surface area (Å²) in [7, 11) is 0. The first-order chi connectivity index (χ1) is 16.6. The van der Waals surface area contributed by atoms with Gasteiger partial charge in [0.15, 0.2) is 5.82 Å². The standard InChI is InChI=1S/C25H27FN6O2/c1-2-30-20-8-5-6-9-21(20)31(25(30)34)15-13-23(33)27-19-16-17(11-12-18(19)26)24-29-28-22-10-4-3-7-14-32(22)24/h5-6,8-9,11-12,16H,2-4,7,10,13-15H2,1H3,(H,27,33). The van der Waals surface area contributed by atoms with Crippen molar-refractivity contribution >= 4 is 22.6 Å². The van der Waals surface area contributed by atoms with Crippen molar-refractivity contribution in [2.75, 3.05) is 5.32 Å². The molecule has 0 saturated carbocycles. The number of carbonyl (C=O) groups is 1. The lowest BCUT2D eigenvalue weighted by atomic mass is 10.1. The molecule has 0 aliphatic carbocycles. The Kier molecular flexibility index (Phi) is 6.00. The van der Waals surface area contributed by atoms with Crippen molar-refractivity contribution in [2.45, 2.75) is 58.7 Å². The Morgan fingerprint density at radius 1 is 1.06 bits per heavy atom. The van der Waals surface area contributed by atoms with E-state index < -0.39 is 5.82 Å². The monoisotopic (exact) mass is 462 g/mol. The molecule has 0 atom stereocenters. The van der Waals surface area contributed by atoms with Crippen LogP contribution in [0.15, 0.2) is 47.3 Å². The molecule has 0 radical (unpaired) electrons. The van der Waals surface area contributed by atoms with Gasteiger partial charge in [-0.1, -0.05) is 18.6 Å². The normalized spacial score (nSPS) is 13.6. The van der Waals surface area contributed by atoms with Gasteiger partial charge in [0.05, 0.1) is 16.7 Å². The molecule has 1 N–H and O–H groups in total. The van der Waals surface area contributed by atoms with Crippen molar-refractivity contribution in [3.8, 4) is 11.4 Å². The lowest BCUT2D eigenvalue weighted by Gasteiger charge is -2.11. The fourth-order valence-corrected chi connectivity index (χ4v) is 4.68. The van der Waals surface area contributed by atoms with E-state index in [-0.39, 0.29) is 30.2 Å². The molecule has 0 spiro atoms. The van der Waals surface area contributed by atoms with Gasteiger partial charge in [-0.2, -0.15) is 0 Å². The summed E-state index contributed by atoms with van der Waals surface area (Å²) in [5.74, 6) is 0.745. The van der Waals surface area contributed by atoms with Crippen LogP contribution in [0.2, 0.25) is 0 Å². The van der Waals surface area contributed by atoms with Crippen LogP contribution in [0.5, 0.6) is 0 Å². The van der Waals surface area contributed by atoms with Crippen LogP contribution in [-0.2, 0) is 30.8 Å². The zero-order valence-corrected chi connectivity index (χ0v) is 19.1. The van der Waals surface area contributed by atoms with Crippen molar-refractivity contribution in [1.82, 2.24) is 23.9 Å². The molecule has 0 fully saturated rings. The summed E-state index contributed by atoms with van der Waals surface area (Å²) in [6.07, 6.45) is 4.21. The van der Waals surface area contributed by atoms with E-state index in [0.29, 0.717) is 17.9 Å².